The fraction of sp³-hybridized carbons (Fsp3) is 0.667. The molecule has 1 aromatic rings. The minimum Gasteiger partial charge on any atom is -0.395 e. The van der Waals surface area contributed by atoms with Gasteiger partial charge in [-0.3, -0.25) is 0 Å². The fourth-order valence-corrected chi connectivity index (χ4v) is 2.55. The summed E-state index contributed by atoms with van der Waals surface area (Å²) in [6.07, 6.45) is 0.877. The third kappa shape index (κ3) is 4.27. The molecule has 0 fully saturated rings. The average molecular weight is 271 g/mol. The molecule has 0 aliphatic rings. The lowest BCUT2D eigenvalue weighted by Crippen LogP contribution is -2.41. The van der Waals surface area contributed by atoms with Crippen LogP contribution in [0.5, 0.6) is 0 Å². The van der Waals surface area contributed by atoms with E-state index in [1.54, 1.807) is 16.2 Å². The second kappa shape index (κ2) is 7.33. The Bertz CT molecular complexity index is 387. The zero-order valence-electron chi connectivity index (χ0n) is 11.2. The minimum absolute atomic E-state index is 0.0116. The number of nitrogens with one attached hydrogen (secondary N) is 1. The van der Waals surface area contributed by atoms with Gasteiger partial charge in [0.2, 0.25) is 0 Å². The first-order chi connectivity index (χ1) is 8.58. The number of nitrogens with zero attached hydrogens (tertiary/aromatic N) is 2. The van der Waals surface area contributed by atoms with Crippen molar-refractivity contribution in [2.24, 2.45) is 0 Å². The van der Waals surface area contributed by atoms with E-state index in [1.165, 1.54) is 0 Å². The standard InChI is InChI=1S/C12H21N3O2S/c1-4-5-15(6-7-16)12(17)13-8-11-9(2)18-10(3)14-11/h16H,4-8H2,1-3H3,(H,13,17). The average Bonchev–Trinajstić information content (AvgIpc) is 2.64. The van der Waals surface area contributed by atoms with E-state index >= 15 is 0 Å². The molecule has 102 valence electrons. The fourth-order valence-electron chi connectivity index (χ4n) is 1.71. The number of hydrogen-bond acceptors (Lipinski definition) is 4. The molecule has 18 heavy (non-hydrogen) atoms. The second-order valence-electron chi connectivity index (χ2n) is 4.11. The van der Waals surface area contributed by atoms with E-state index < -0.39 is 0 Å². The lowest BCUT2D eigenvalue weighted by molar-refractivity contribution is 0.177. The monoisotopic (exact) mass is 271 g/mol. The summed E-state index contributed by atoms with van der Waals surface area (Å²) in [5.74, 6) is 0. The summed E-state index contributed by atoms with van der Waals surface area (Å²) >= 11 is 1.63. The Hall–Kier alpha value is -1.14. The molecule has 2 amide bonds. The van der Waals surface area contributed by atoms with Crippen LogP contribution in [0.1, 0.15) is 28.9 Å². The highest BCUT2D eigenvalue weighted by Crippen LogP contribution is 2.15. The van der Waals surface area contributed by atoms with Crippen molar-refractivity contribution in [3.63, 3.8) is 0 Å². The molecule has 0 radical (unpaired) electrons. The maximum absolute atomic E-state index is 11.9. The molecule has 6 heteroatoms. The molecule has 2 N–H and O–H groups in total. The molecule has 0 bridgehead atoms. The zero-order chi connectivity index (χ0) is 13.5. The van der Waals surface area contributed by atoms with Crippen molar-refractivity contribution in [1.82, 2.24) is 15.2 Å². The van der Waals surface area contributed by atoms with E-state index in [9.17, 15) is 4.79 Å². The summed E-state index contributed by atoms with van der Waals surface area (Å²) < 4.78 is 0. The summed E-state index contributed by atoms with van der Waals surface area (Å²) in [6.45, 7) is 7.42. The van der Waals surface area contributed by atoms with Gasteiger partial charge in [-0.2, -0.15) is 0 Å². The SMILES string of the molecule is CCCN(CCO)C(=O)NCc1nc(C)sc1C. The van der Waals surface area contributed by atoms with Crippen molar-refractivity contribution in [1.29, 1.82) is 0 Å². The van der Waals surface area contributed by atoms with E-state index in [2.05, 4.69) is 10.3 Å². The number of urea groups is 1. The normalized spacial score (nSPS) is 10.4. The Labute approximate surface area is 112 Å². The Balaban J connectivity index is 2.50. The third-order valence-corrected chi connectivity index (χ3v) is 3.49. The highest BCUT2D eigenvalue weighted by atomic mass is 32.1. The predicted molar refractivity (Wildman–Crippen MR) is 72.8 cm³/mol. The summed E-state index contributed by atoms with van der Waals surface area (Å²) in [7, 11) is 0. The van der Waals surface area contributed by atoms with Gasteiger partial charge in [0.15, 0.2) is 0 Å². The molecule has 1 aromatic heterocycles. The van der Waals surface area contributed by atoms with Gasteiger partial charge < -0.3 is 15.3 Å². The molecular formula is C12H21N3O2S. The maximum atomic E-state index is 11.9. The number of aliphatic hydroxyl groups is 1. The van der Waals surface area contributed by atoms with Crippen molar-refractivity contribution in [3.05, 3.63) is 15.6 Å². The van der Waals surface area contributed by atoms with Gasteiger partial charge in [0.25, 0.3) is 0 Å². The van der Waals surface area contributed by atoms with E-state index in [4.69, 9.17) is 5.11 Å². The van der Waals surface area contributed by atoms with Crippen molar-refractivity contribution >= 4 is 17.4 Å². The lowest BCUT2D eigenvalue weighted by Gasteiger charge is -2.21. The molecule has 0 aliphatic heterocycles. The van der Waals surface area contributed by atoms with E-state index in [1.807, 2.05) is 20.8 Å². The van der Waals surface area contributed by atoms with Gasteiger partial charge in [-0.1, -0.05) is 6.92 Å². The molecule has 0 atom stereocenters. The highest BCUT2D eigenvalue weighted by molar-refractivity contribution is 7.11. The molecule has 1 heterocycles. The number of aliphatic hydroxyl groups excluding tert-OH is 1. The number of hydrogen-bond donors (Lipinski definition) is 2. The van der Waals surface area contributed by atoms with Crippen LogP contribution >= 0.6 is 11.3 Å². The molecule has 0 saturated heterocycles. The van der Waals surface area contributed by atoms with Crippen LogP contribution in [0.4, 0.5) is 4.79 Å². The van der Waals surface area contributed by atoms with Crippen LogP contribution in [0.25, 0.3) is 0 Å². The van der Waals surface area contributed by atoms with Gasteiger partial charge >= 0.3 is 6.03 Å². The maximum Gasteiger partial charge on any atom is 0.317 e. The van der Waals surface area contributed by atoms with Crippen LogP contribution in [0.3, 0.4) is 0 Å². The first-order valence-electron chi connectivity index (χ1n) is 6.15. The van der Waals surface area contributed by atoms with E-state index in [0.29, 0.717) is 19.6 Å². The number of thiazole rings is 1. The summed E-state index contributed by atoms with van der Waals surface area (Å²) in [4.78, 5) is 19.0. The molecular weight excluding hydrogens is 250 g/mol. The van der Waals surface area contributed by atoms with Gasteiger partial charge in [0.1, 0.15) is 0 Å². The molecule has 0 aromatic carbocycles. The smallest absolute Gasteiger partial charge is 0.317 e. The van der Waals surface area contributed by atoms with Crippen LogP contribution in [-0.2, 0) is 6.54 Å². The Morgan fingerprint density at radius 3 is 2.67 bits per heavy atom. The molecule has 0 aliphatic carbocycles. The summed E-state index contributed by atoms with van der Waals surface area (Å²) in [5, 5.41) is 12.8. The zero-order valence-corrected chi connectivity index (χ0v) is 12.0. The first-order valence-corrected chi connectivity index (χ1v) is 6.96. The van der Waals surface area contributed by atoms with Crippen LogP contribution in [0.2, 0.25) is 0 Å². The van der Waals surface area contributed by atoms with Gasteiger partial charge in [0.05, 0.1) is 23.9 Å². The molecule has 0 spiro atoms. The van der Waals surface area contributed by atoms with Crippen molar-refractivity contribution < 1.29 is 9.90 Å². The van der Waals surface area contributed by atoms with Crippen LogP contribution in [0, 0.1) is 13.8 Å². The highest BCUT2D eigenvalue weighted by Gasteiger charge is 2.12. The quantitative estimate of drug-likeness (QED) is 0.827. The van der Waals surface area contributed by atoms with Crippen molar-refractivity contribution in [2.45, 2.75) is 33.7 Å². The van der Waals surface area contributed by atoms with Crippen LogP contribution < -0.4 is 5.32 Å². The van der Waals surface area contributed by atoms with Gasteiger partial charge in [-0.15, -0.1) is 11.3 Å². The summed E-state index contributed by atoms with van der Waals surface area (Å²) in [6, 6.07) is -0.143. The number of aryl methyl sites for hydroxylation is 2. The topological polar surface area (TPSA) is 65.5 Å². The number of aromatic nitrogens is 1. The number of rotatable bonds is 6. The number of carbonyl (C=O) groups is 1. The number of amides is 2. The largest absolute Gasteiger partial charge is 0.395 e. The van der Waals surface area contributed by atoms with Crippen molar-refractivity contribution in [2.75, 3.05) is 19.7 Å². The summed E-state index contributed by atoms with van der Waals surface area (Å²) in [5.41, 5.74) is 0.922. The molecule has 1 rings (SSSR count). The van der Waals surface area contributed by atoms with Gasteiger partial charge in [0, 0.05) is 18.0 Å². The Kier molecular flexibility index (Phi) is 6.07. The van der Waals surface area contributed by atoms with Gasteiger partial charge in [-0.25, -0.2) is 9.78 Å². The first kappa shape index (κ1) is 14.9. The van der Waals surface area contributed by atoms with Crippen LogP contribution in [0.15, 0.2) is 0 Å². The predicted octanol–water partition coefficient (Wildman–Crippen LogP) is 1.67. The Morgan fingerprint density at radius 2 is 2.17 bits per heavy atom. The minimum atomic E-state index is -0.143. The molecule has 0 saturated carbocycles. The van der Waals surface area contributed by atoms with E-state index in [-0.39, 0.29) is 12.6 Å². The lowest BCUT2D eigenvalue weighted by atomic mass is 10.3. The second-order valence-corrected chi connectivity index (χ2v) is 5.51. The van der Waals surface area contributed by atoms with Crippen molar-refractivity contribution in [3.8, 4) is 0 Å². The van der Waals surface area contributed by atoms with Gasteiger partial charge in [-0.05, 0) is 20.3 Å². The van der Waals surface area contributed by atoms with Crippen LogP contribution in [-0.4, -0.2) is 40.7 Å². The Morgan fingerprint density at radius 1 is 1.44 bits per heavy atom. The molecule has 0 unspecified atom stereocenters. The third-order valence-electron chi connectivity index (χ3n) is 2.56. The number of carbonyl (C=O) groups excluding carboxylic acids is 1. The molecule has 5 nitrogen and oxygen atoms in total. The van der Waals surface area contributed by atoms with E-state index in [0.717, 1.165) is 22.0 Å².